The number of morpholine rings is 1. The molecular weight excluding hydrogens is 394 g/mol. The number of carbonyl (C=O) groups excluding carboxylic acids is 1. The van der Waals surface area contributed by atoms with Crippen LogP contribution in [-0.4, -0.2) is 66.6 Å². The normalized spacial score (nSPS) is 15.3. The number of methoxy groups -OCH3 is 2. The Labute approximate surface area is 184 Å². The third-order valence-corrected chi connectivity index (χ3v) is 5.64. The summed E-state index contributed by atoms with van der Waals surface area (Å²) in [6, 6.07) is 14.1. The second-order valence-corrected chi connectivity index (χ2v) is 8.11. The van der Waals surface area contributed by atoms with Gasteiger partial charge in [0.2, 0.25) is 0 Å². The maximum absolute atomic E-state index is 12.4. The van der Waals surface area contributed by atoms with Crippen LogP contribution in [0.4, 0.5) is 5.69 Å². The van der Waals surface area contributed by atoms with Gasteiger partial charge in [0.25, 0.3) is 5.91 Å². The van der Waals surface area contributed by atoms with E-state index in [-0.39, 0.29) is 5.91 Å². The summed E-state index contributed by atoms with van der Waals surface area (Å²) in [5, 5.41) is 3.01. The summed E-state index contributed by atoms with van der Waals surface area (Å²) in [6.45, 7) is 6.06. The standard InChI is InChI=1S/C24H33N3O4/c1-26(11-10-19-6-9-22(29-2)23(16-19)30-3)18-24(28)25-21-7-4-20(5-8-21)17-27-12-14-31-15-13-27/h4-9,16H,10-15,17-18H2,1-3H3,(H,25,28)/p+2. The van der Waals surface area contributed by atoms with Crippen molar-refractivity contribution in [1.82, 2.24) is 0 Å². The number of likely N-dealkylation sites (N-methyl/N-ethyl adjacent to an activating group) is 1. The number of anilines is 1. The number of hydrogen-bond donors (Lipinski definition) is 3. The number of amides is 1. The smallest absolute Gasteiger partial charge is 0.279 e. The molecule has 0 bridgehead atoms. The lowest BCUT2D eigenvalue weighted by Gasteiger charge is -2.23. The molecule has 1 fully saturated rings. The van der Waals surface area contributed by atoms with E-state index >= 15 is 0 Å². The molecule has 7 nitrogen and oxygen atoms in total. The molecule has 0 spiro atoms. The summed E-state index contributed by atoms with van der Waals surface area (Å²) in [5.41, 5.74) is 3.29. The highest BCUT2D eigenvalue weighted by Gasteiger charge is 2.15. The van der Waals surface area contributed by atoms with Gasteiger partial charge in [0, 0.05) is 17.7 Å². The van der Waals surface area contributed by atoms with E-state index in [1.807, 2.05) is 37.4 Å². The first kappa shape index (κ1) is 23.1. The third-order valence-electron chi connectivity index (χ3n) is 5.64. The zero-order valence-electron chi connectivity index (χ0n) is 18.8. The van der Waals surface area contributed by atoms with Gasteiger partial charge in [-0.1, -0.05) is 18.2 Å². The van der Waals surface area contributed by atoms with Crippen molar-refractivity contribution < 1.29 is 28.8 Å². The maximum atomic E-state index is 12.4. The summed E-state index contributed by atoms with van der Waals surface area (Å²) in [5.74, 6) is 1.48. The monoisotopic (exact) mass is 429 g/mol. The van der Waals surface area contributed by atoms with Gasteiger partial charge in [0.15, 0.2) is 18.0 Å². The molecule has 1 aliphatic rings. The molecule has 1 aliphatic heterocycles. The van der Waals surface area contributed by atoms with Gasteiger partial charge in [-0.15, -0.1) is 0 Å². The highest BCUT2D eigenvalue weighted by Crippen LogP contribution is 2.27. The number of benzene rings is 2. The number of ether oxygens (including phenoxy) is 3. The van der Waals surface area contributed by atoms with Crippen LogP contribution in [0.15, 0.2) is 42.5 Å². The number of quaternary nitrogens is 2. The van der Waals surface area contributed by atoms with Gasteiger partial charge >= 0.3 is 0 Å². The van der Waals surface area contributed by atoms with E-state index in [1.54, 1.807) is 19.1 Å². The Hall–Kier alpha value is -2.61. The summed E-state index contributed by atoms with van der Waals surface area (Å²) >= 11 is 0. The first-order valence-electron chi connectivity index (χ1n) is 10.9. The highest BCUT2D eigenvalue weighted by atomic mass is 16.5. The van der Waals surface area contributed by atoms with Gasteiger partial charge in [0.1, 0.15) is 19.6 Å². The van der Waals surface area contributed by atoms with Gasteiger partial charge in [-0.2, -0.15) is 0 Å². The summed E-state index contributed by atoms with van der Waals surface area (Å²) in [6.07, 6.45) is 0.859. The van der Waals surface area contributed by atoms with Crippen molar-refractivity contribution in [1.29, 1.82) is 0 Å². The minimum Gasteiger partial charge on any atom is -0.493 e. The quantitative estimate of drug-likeness (QED) is 0.490. The fourth-order valence-corrected chi connectivity index (χ4v) is 3.79. The first-order chi connectivity index (χ1) is 15.1. The Bertz CT molecular complexity index is 835. The van der Waals surface area contributed by atoms with Crippen LogP contribution >= 0.6 is 0 Å². The largest absolute Gasteiger partial charge is 0.493 e. The highest BCUT2D eigenvalue weighted by molar-refractivity contribution is 5.91. The Kier molecular flexibility index (Phi) is 8.70. The lowest BCUT2D eigenvalue weighted by molar-refractivity contribution is -0.921. The van der Waals surface area contributed by atoms with Crippen LogP contribution in [-0.2, 0) is 22.5 Å². The molecule has 1 heterocycles. The molecule has 0 aliphatic carbocycles. The fourth-order valence-electron chi connectivity index (χ4n) is 3.79. The number of rotatable bonds is 10. The summed E-state index contributed by atoms with van der Waals surface area (Å²) in [4.78, 5) is 15.1. The molecule has 0 radical (unpaired) electrons. The second kappa shape index (κ2) is 11.7. The van der Waals surface area contributed by atoms with Gasteiger partial charge in [0.05, 0.1) is 41.0 Å². The Morgan fingerprint density at radius 3 is 2.39 bits per heavy atom. The van der Waals surface area contributed by atoms with Crippen molar-refractivity contribution in [3.05, 3.63) is 53.6 Å². The fraction of sp³-hybridized carbons (Fsp3) is 0.458. The van der Waals surface area contributed by atoms with Crippen LogP contribution in [0.2, 0.25) is 0 Å². The molecule has 1 unspecified atom stereocenters. The molecule has 0 aromatic heterocycles. The molecular formula is C24H35N3O4+2. The lowest BCUT2D eigenvalue weighted by atomic mass is 10.1. The molecule has 3 N–H and O–H groups in total. The maximum Gasteiger partial charge on any atom is 0.279 e. The van der Waals surface area contributed by atoms with E-state index in [1.165, 1.54) is 5.56 Å². The topological polar surface area (TPSA) is 65.7 Å². The van der Waals surface area contributed by atoms with Gasteiger partial charge in [-0.05, 0) is 29.8 Å². The third kappa shape index (κ3) is 7.24. The molecule has 2 aromatic rings. The molecule has 2 aromatic carbocycles. The van der Waals surface area contributed by atoms with Crippen LogP contribution in [0.25, 0.3) is 0 Å². The lowest BCUT2D eigenvalue weighted by Crippen LogP contribution is -3.12. The molecule has 7 heteroatoms. The Balaban J connectivity index is 1.42. The van der Waals surface area contributed by atoms with Crippen molar-refractivity contribution in [2.24, 2.45) is 0 Å². The van der Waals surface area contributed by atoms with E-state index in [0.717, 1.165) is 73.5 Å². The molecule has 3 rings (SSSR count). The molecule has 0 saturated carbocycles. The average molecular weight is 430 g/mol. The van der Waals surface area contributed by atoms with Crippen molar-refractivity contribution in [3.63, 3.8) is 0 Å². The Morgan fingerprint density at radius 2 is 1.71 bits per heavy atom. The number of nitrogens with one attached hydrogen (secondary N) is 3. The molecule has 1 atom stereocenters. The van der Waals surface area contributed by atoms with Crippen LogP contribution in [0.1, 0.15) is 11.1 Å². The van der Waals surface area contributed by atoms with E-state index in [2.05, 4.69) is 17.4 Å². The van der Waals surface area contributed by atoms with Crippen molar-refractivity contribution in [2.75, 3.05) is 66.0 Å². The van der Waals surface area contributed by atoms with Crippen LogP contribution in [0, 0.1) is 0 Å². The predicted octanol–water partition coefficient (Wildman–Crippen LogP) is -0.185. The van der Waals surface area contributed by atoms with Gasteiger partial charge in [-0.25, -0.2) is 0 Å². The molecule has 1 amide bonds. The van der Waals surface area contributed by atoms with Crippen molar-refractivity contribution in [3.8, 4) is 11.5 Å². The zero-order chi connectivity index (χ0) is 22.1. The van der Waals surface area contributed by atoms with Crippen molar-refractivity contribution in [2.45, 2.75) is 13.0 Å². The first-order valence-corrected chi connectivity index (χ1v) is 10.9. The van der Waals surface area contributed by atoms with Crippen LogP contribution in [0.5, 0.6) is 11.5 Å². The van der Waals surface area contributed by atoms with Crippen LogP contribution in [0.3, 0.4) is 0 Å². The SMILES string of the molecule is COc1ccc(CC[NH+](C)CC(=O)Nc2ccc(C[NH+]3CCOCC3)cc2)cc1OC. The number of carbonyl (C=O) groups is 1. The second-order valence-electron chi connectivity index (χ2n) is 8.11. The minimum absolute atomic E-state index is 0.0244. The number of hydrogen-bond acceptors (Lipinski definition) is 4. The molecule has 31 heavy (non-hydrogen) atoms. The van der Waals surface area contributed by atoms with Crippen LogP contribution < -0.4 is 24.6 Å². The summed E-state index contributed by atoms with van der Waals surface area (Å²) < 4.78 is 16.1. The zero-order valence-corrected chi connectivity index (χ0v) is 18.8. The van der Waals surface area contributed by atoms with E-state index in [9.17, 15) is 4.79 Å². The predicted molar refractivity (Wildman–Crippen MR) is 120 cm³/mol. The van der Waals surface area contributed by atoms with E-state index in [4.69, 9.17) is 14.2 Å². The molecule has 1 saturated heterocycles. The summed E-state index contributed by atoms with van der Waals surface area (Å²) in [7, 11) is 5.31. The van der Waals surface area contributed by atoms with Gasteiger partial charge < -0.3 is 29.3 Å². The van der Waals surface area contributed by atoms with E-state index in [0.29, 0.717) is 6.54 Å². The minimum atomic E-state index is 0.0244. The average Bonchev–Trinajstić information content (AvgIpc) is 2.79. The Morgan fingerprint density at radius 1 is 1.03 bits per heavy atom. The van der Waals surface area contributed by atoms with Gasteiger partial charge in [-0.3, -0.25) is 4.79 Å². The van der Waals surface area contributed by atoms with Crippen molar-refractivity contribution >= 4 is 11.6 Å². The van der Waals surface area contributed by atoms with E-state index < -0.39 is 0 Å². The molecule has 168 valence electrons.